The highest BCUT2D eigenvalue weighted by Gasteiger charge is 2.15. The fourth-order valence-corrected chi connectivity index (χ4v) is 2.36. The van der Waals surface area contributed by atoms with Crippen LogP contribution in [0.4, 0.5) is 0 Å². The molecule has 0 aliphatic heterocycles. The minimum Gasteiger partial charge on any atom is -0.478 e. The van der Waals surface area contributed by atoms with Crippen LogP contribution in [0.15, 0.2) is 18.3 Å². The summed E-state index contributed by atoms with van der Waals surface area (Å²) in [4.78, 5) is 11.2. The van der Waals surface area contributed by atoms with Crippen molar-refractivity contribution >= 4 is 16.9 Å². The Morgan fingerprint density at radius 3 is 2.53 bits per heavy atom. The molecule has 0 saturated carbocycles. The van der Waals surface area contributed by atoms with Crippen molar-refractivity contribution in [3.05, 3.63) is 35.0 Å². The predicted octanol–water partition coefficient (Wildman–Crippen LogP) is 3.54. The fraction of sp³-hybridized carbons (Fsp3) is 0.357. The van der Waals surface area contributed by atoms with Crippen molar-refractivity contribution in [1.29, 1.82) is 0 Å². The zero-order valence-electron chi connectivity index (χ0n) is 10.6. The number of nitrogens with zero attached hydrogens (tertiary/aromatic N) is 1. The highest BCUT2D eigenvalue weighted by Crippen LogP contribution is 2.28. The van der Waals surface area contributed by atoms with Crippen LogP contribution in [-0.2, 0) is 0 Å². The molecule has 0 radical (unpaired) electrons. The largest absolute Gasteiger partial charge is 0.478 e. The summed E-state index contributed by atoms with van der Waals surface area (Å²) in [7, 11) is 0. The van der Waals surface area contributed by atoms with Gasteiger partial charge >= 0.3 is 5.97 Å². The standard InChI is InChI=1S/C14H17NO2/c1-8(2)15-6-5-11-10(4)12(14(16)17)7-9(3)13(11)15/h5-8H,1-4H3,(H,16,17). The number of aromatic carboxylic acids is 1. The Balaban J connectivity index is 2.85. The van der Waals surface area contributed by atoms with E-state index in [0.717, 1.165) is 22.0 Å². The molecule has 0 fully saturated rings. The van der Waals surface area contributed by atoms with Crippen LogP contribution in [0.1, 0.15) is 41.4 Å². The fourth-order valence-electron chi connectivity index (χ4n) is 2.36. The number of benzene rings is 1. The summed E-state index contributed by atoms with van der Waals surface area (Å²) in [6.45, 7) is 8.08. The van der Waals surface area contributed by atoms with E-state index in [9.17, 15) is 4.79 Å². The first-order valence-electron chi connectivity index (χ1n) is 5.77. The second kappa shape index (κ2) is 3.91. The van der Waals surface area contributed by atoms with Crippen LogP contribution in [0.2, 0.25) is 0 Å². The van der Waals surface area contributed by atoms with Gasteiger partial charge in [-0.15, -0.1) is 0 Å². The second-order valence-electron chi connectivity index (χ2n) is 4.75. The molecule has 17 heavy (non-hydrogen) atoms. The van der Waals surface area contributed by atoms with Crippen LogP contribution in [-0.4, -0.2) is 15.6 Å². The first-order valence-corrected chi connectivity index (χ1v) is 5.77. The molecule has 2 aromatic rings. The van der Waals surface area contributed by atoms with Crippen LogP contribution in [0.25, 0.3) is 10.9 Å². The molecule has 3 heteroatoms. The summed E-state index contributed by atoms with van der Waals surface area (Å²) in [6, 6.07) is 4.14. The number of hydrogen-bond acceptors (Lipinski definition) is 1. The number of fused-ring (bicyclic) bond motifs is 1. The number of aromatic nitrogens is 1. The van der Waals surface area contributed by atoms with Crippen molar-refractivity contribution in [2.24, 2.45) is 0 Å². The molecule has 0 bridgehead atoms. The maximum absolute atomic E-state index is 11.2. The number of carbonyl (C=O) groups is 1. The Morgan fingerprint density at radius 1 is 1.35 bits per heavy atom. The average Bonchev–Trinajstić information content (AvgIpc) is 2.67. The number of carboxylic acids is 1. The van der Waals surface area contributed by atoms with E-state index in [-0.39, 0.29) is 0 Å². The molecule has 1 N–H and O–H groups in total. The molecule has 0 saturated heterocycles. The van der Waals surface area contributed by atoms with E-state index in [2.05, 4.69) is 18.4 Å². The maximum Gasteiger partial charge on any atom is 0.335 e. The summed E-state index contributed by atoms with van der Waals surface area (Å²) in [5.41, 5.74) is 3.40. The van der Waals surface area contributed by atoms with Gasteiger partial charge in [0.25, 0.3) is 0 Å². The van der Waals surface area contributed by atoms with E-state index in [1.165, 1.54) is 0 Å². The van der Waals surface area contributed by atoms with E-state index >= 15 is 0 Å². The third-order valence-electron chi connectivity index (χ3n) is 3.24. The van der Waals surface area contributed by atoms with E-state index in [1.807, 2.05) is 26.1 Å². The molecule has 0 amide bonds. The molecule has 0 unspecified atom stereocenters. The highest BCUT2D eigenvalue weighted by atomic mass is 16.4. The summed E-state index contributed by atoms with van der Waals surface area (Å²) in [5, 5.41) is 10.2. The number of aryl methyl sites for hydroxylation is 2. The average molecular weight is 231 g/mol. The molecule has 1 heterocycles. The van der Waals surface area contributed by atoms with Gasteiger partial charge in [-0.2, -0.15) is 0 Å². The van der Waals surface area contributed by atoms with Crippen molar-refractivity contribution in [3.8, 4) is 0 Å². The van der Waals surface area contributed by atoms with Crippen molar-refractivity contribution < 1.29 is 9.90 Å². The Bertz CT molecular complexity index is 594. The van der Waals surface area contributed by atoms with Gasteiger partial charge in [-0.3, -0.25) is 0 Å². The molecule has 0 spiro atoms. The summed E-state index contributed by atoms with van der Waals surface area (Å²) >= 11 is 0. The van der Waals surface area contributed by atoms with E-state index in [0.29, 0.717) is 11.6 Å². The molecule has 90 valence electrons. The minimum atomic E-state index is -0.857. The molecular weight excluding hydrogens is 214 g/mol. The Labute approximate surface area is 101 Å². The van der Waals surface area contributed by atoms with Crippen LogP contribution in [0, 0.1) is 13.8 Å². The van der Waals surface area contributed by atoms with Crippen LogP contribution in [0.5, 0.6) is 0 Å². The third-order valence-corrected chi connectivity index (χ3v) is 3.24. The summed E-state index contributed by atoms with van der Waals surface area (Å²) in [6.07, 6.45) is 2.03. The maximum atomic E-state index is 11.2. The van der Waals surface area contributed by atoms with E-state index in [4.69, 9.17) is 5.11 Å². The van der Waals surface area contributed by atoms with Crippen LogP contribution < -0.4 is 0 Å². The van der Waals surface area contributed by atoms with E-state index in [1.54, 1.807) is 6.07 Å². The lowest BCUT2D eigenvalue weighted by Gasteiger charge is -2.13. The highest BCUT2D eigenvalue weighted by molar-refractivity contribution is 5.98. The Kier molecular flexibility index (Phi) is 2.69. The monoisotopic (exact) mass is 231 g/mol. The second-order valence-corrected chi connectivity index (χ2v) is 4.75. The third kappa shape index (κ3) is 1.71. The number of carboxylic acid groups (broad SMARTS) is 1. The van der Waals surface area contributed by atoms with Gasteiger partial charge in [0.1, 0.15) is 0 Å². The predicted molar refractivity (Wildman–Crippen MR) is 68.8 cm³/mol. The first-order chi connectivity index (χ1) is 7.93. The lowest BCUT2D eigenvalue weighted by molar-refractivity contribution is 0.0696. The zero-order valence-corrected chi connectivity index (χ0v) is 10.6. The molecule has 0 atom stereocenters. The molecule has 3 nitrogen and oxygen atoms in total. The number of hydrogen-bond donors (Lipinski definition) is 1. The minimum absolute atomic E-state index is 0.376. The van der Waals surface area contributed by atoms with Gasteiger partial charge in [0.2, 0.25) is 0 Å². The van der Waals surface area contributed by atoms with Crippen LogP contribution in [0.3, 0.4) is 0 Å². The Hall–Kier alpha value is -1.77. The molecular formula is C14H17NO2. The van der Waals surface area contributed by atoms with Crippen molar-refractivity contribution in [3.63, 3.8) is 0 Å². The van der Waals surface area contributed by atoms with Gasteiger partial charge in [0.15, 0.2) is 0 Å². The van der Waals surface area contributed by atoms with Crippen molar-refractivity contribution in [1.82, 2.24) is 4.57 Å². The van der Waals surface area contributed by atoms with Gasteiger partial charge in [-0.1, -0.05) is 0 Å². The summed E-state index contributed by atoms with van der Waals surface area (Å²) < 4.78 is 2.18. The lowest BCUT2D eigenvalue weighted by Crippen LogP contribution is -2.04. The zero-order chi connectivity index (χ0) is 12.7. The molecule has 2 rings (SSSR count). The van der Waals surface area contributed by atoms with E-state index < -0.39 is 5.97 Å². The smallest absolute Gasteiger partial charge is 0.335 e. The molecule has 1 aromatic heterocycles. The quantitative estimate of drug-likeness (QED) is 0.859. The molecule has 0 aliphatic rings. The van der Waals surface area contributed by atoms with Crippen molar-refractivity contribution in [2.75, 3.05) is 0 Å². The molecule has 0 aliphatic carbocycles. The topological polar surface area (TPSA) is 42.2 Å². The Morgan fingerprint density at radius 2 is 2.00 bits per heavy atom. The number of rotatable bonds is 2. The summed E-state index contributed by atoms with van der Waals surface area (Å²) in [5.74, 6) is -0.857. The van der Waals surface area contributed by atoms with Gasteiger partial charge in [-0.05, 0) is 51.0 Å². The van der Waals surface area contributed by atoms with Crippen LogP contribution >= 0.6 is 0 Å². The van der Waals surface area contributed by atoms with Crippen molar-refractivity contribution in [2.45, 2.75) is 33.7 Å². The lowest BCUT2D eigenvalue weighted by atomic mass is 10.0. The normalized spacial score (nSPS) is 11.4. The van der Waals surface area contributed by atoms with Gasteiger partial charge in [0.05, 0.1) is 11.1 Å². The SMILES string of the molecule is Cc1c(C(=O)O)cc(C)c2c1ccn2C(C)C. The molecule has 1 aromatic carbocycles. The van der Waals surface area contributed by atoms with Gasteiger partial charge < -0.3 is 9.67 Å². The first kappa shape index (κ1) is 11.7. The van der Waals surface area contributed by atoms with Gasteiger partial charge in [0, 0.05) is 17.6 Å². The van der Waals surface area contributed by atoms with Gasteiger partial charge in [-0.25, -0.2) is 4.79 Å².